The minimum atomic E-state index is -0.358. The second-order valence-corrected chi connectivity index (χ2v) is 4.79. The van der Waals surface area contributed by atoms with Crippen molar-refractivity contribution in [3.8, 4) is 17.6 Å². The van der Waals surface area contributed by atoms with Crippen LogP contribution in [-0.2, 0) is 0 Å². The molecule has 0 amide bonds. The molecule has 2 N–H and O–H groups in total. The van der Waals surface area contributed by atoms with Crippen LogP contribution in [0.3, 0.4) is 0 Å². The van der Waals surface area contributed by atoms with Crippen molar-refractivity contribution in [3.05, 3.63) is 52.3 Å². The molecular weight excluding hydrogens is 255 g/mol. The Labute approximate surface area is 117 Å². The van der Waals surface area contributed by atoms with E-state index in [1.54, 1.807) is 25.1 Å². The summed E-state index contributed by atoms with van der Waals surface area (Å²) in [6.07, 6.45) is 0. The molecule has 2 aromatic carbocycles. The van der Waals surface area contributed by atoms with Crippen molar-refractivity contribution in [1.82, 2.24) is 0 Å². The van der Waals surface area contributed by atoms with Crippen molar-refractivity contribution in [1.29, 1.82) is 5.26 Å². The molecule has 0 radical (unpaired) electrons. The van der Waals surface area contributed by atoms with E-state index < -0.39 is 0 Å². The maximum atomic E-state index is 13.4. The lowest BCUT2D eigenvalue weighted by Crippen LogP contribution is -1.98. The van der Waals surface area contributed by atoms with Gasteiger partial charge in [0.15, 0.2) is 5.75 Å². The summed E-state index contributed by atoms with van der Waals surface area (Å²) in [7, 11) is 0. The molecule has 0 aliphatic heterocycles. The van der Waals surface area contributed by atoms with E-state index in [9.17, 15) is 4.39 Å². The predicted octanol–water partition coefficient (Wildman–Crippen LogP) is 4.00. The summed E-state index contributed by atoms with van der Waals surface area (Å²) in [5, 5.41) is 8.93. The lowest BCUT2D eigenvalue weighted by molar-refractivity contribution is 0.475. The van der Waals surface area contributed by atoms with Gasteiger partial charge in [-0.3, -0.25) is 0 Å². The molecule has 0 aromatic heterocycles. The SMILES string of the molecule is Cc1cc(Oc2c(C)cc(C#N)cc2C)c(N)cc1F. The maximum Gasteiger partial charge on any atom is 0.150 e. The third-order valence-electron chi connectivity index (χ3n) is 3.09. The third kappa shape index (κ3) is 2.57. The molecule has 0 saturated heterocycles. The number of rotatable bonds is 2. The molecule has 0 unspecified atom stereocenters. The standard InChI is InChI=1S/C16H15FN2O/c1-9-6-15(14(19)7-13(9)17)20-16-10(2)4-12(8-18)5-11(16)3/h4-7H,19H2,1-3H3. The van der Waals surface area contributed by atoms with Crippen LogP contribution in [0.1, 0.15) is 22.3 Å². The van der Waals surface area contributed by atoms with Crippen LogP contribution in [0.25, 0.3) is 0 Å². The van der Waals surface area contributed by atoms with Crippen LogP contribution >= 0.6 is 0 Å². The number of anilines is 1. The van der Waals surface area contributed by atoms with Crippen molar-refractivity contribution in [2.24, 2.45) is 0 Å². The lowest BCUT2D eigenvalue weighted by Gasteiger charge is -2.14. The van der Waals surface area contributed by atoms with E-state index in [4.69, 9.17) is 15.7 Å². The Balaban J connectivity index is 2.46. The third-order valence-corrected chi connectivity index (χ3v) is 3.09. The molecule has 2 aromatic rings. The molecular formula is C16H15FN2O. The minimum Gasteiger partial charge on any atom is -0.455 e. The van der Waals surface area contributed by atoms with Crippen molar-refractivity contribution in [2.75, 3.05) is 5.73 Å². The molecule has 0 spiro atoms. The number of nitrogen functional groups attached to an aromatic ring is 1. The number of hydrogen-bond donors (Lipinski definition) is 1. The highest BCUT2D eigenvalue weighted by Gasteiger charge is 2.11. The van der Waals surface area contributed by atoms with Gasteiger partial charge >= 0.3 is 0 Å². The molecule has 0 saturated carbocycles. The summed E-state index contributed by atoms with van der Waals surface area (Å²) in [4.78, 5) is 0. The van der Waals surface area contributed by atoms with Crippen LogP contribution in [0.5, 0.6) is 11.5 Å². The van der Waals surface area contributed by atoms with E-state index in [1.807, 2.05) is 13.8 Å². The normalized spacial score (nSPS) is 10.2. The molecule has 2 rings (SSSR count). The number of hydrogen-bond acceptors (Lipinski definition) is 3. The van der Waals surface area contributed by atoms with Crippen LogP contribution in [0.15, 0.2) is 24.3 Å². The Morgan fingerprint density at radius 2 is 1.65 bits per heavy atom. The first kappa shape index (κ1) is 13.9. The topological polar surface area (TPSA) is 59.0 Å². The zero-order valence-corrected chi connectivity index (χ0v) is 11.6. The van der Waals surface area contributed by atoms with Crippen molar-refractivity contribution in [2.45, 2.75) is 20.8 Å². The minimum absolute atomic E-state index is 0.247. The second-order valence-electron chi connectivity index (χ2n) is 4.79. The largest absolute Gasteiger partial charge is 0.455 e. The molecule has 0 bridgehead atoms. The molecule has 20 heavy (non-hydrogen) atoms. The number of nitriles is 1. The number of aryl methyl sites for hydroxylation is 3. The van der Waals surface area contributed by atoms with Crippen LogP contribution in [0.4, 0.5) is 10.1 Å². The number of nitrogens with zero attached hydrogens (tertiary/aromatic N) is 1. The molecule has 3 nitrogen and oxygen atoms in total. The zero-order valence-electron chi connectivity index (χ0n) is 11.6. The van der Waals surface area contributed by atoms with Gasteiger partial charge < -0.3 is 10.5 Å². The summed E-state index contributed by atoms with van der Waals surface area (Å²) in [5.41, 5.74) is 8.75. The number of nitrogens with two attached hydrogens (primary N) is 1. The first-order chi connectivity index (χ1) is 9.42. The predicted molar refractivity (Wildman–Crippen MR) is 76.3 cm³/mol. The Hall–Kier alpha value is -2.54. The molecule has 102 valence electrons. The van der Waals surface area contributed by atoms with Crippen LogP contribution in [0.2, 0.25) is 0 Å². The Bertz CT molecular complexity index is 694. The van der Waals surface area contributed by atoms with E-state index in [-0.39, 0.29) is 11.5 Å². The van der Waals surface area contributed by atoms with Gasteiger partial charge in [0.1, 0.15) is 11.6 Å². The highest BCUT2D eigenvalue weighted by Crippen LogP contribution is 2.34. The first-order valence-electron chi connectivity index (χ1n) is 6.17. The van der Waals surface area contributed by atoms with Gasteiger partial charge in [0.25, 0.3) is 0 Å². The number of benzene rings is 2. The summed E-state index contributed by atoms with van der Waals surface area (Å²) < 4.78 is 19.2. The molecule has 4 heteroatoms. The van der Waals surface area contributed by atoms with E-state index in [0.29, 0.717) is 22.6 Å². The van der Waals surface area contributed by atoms with Gasteiger partial charge in [0.05, 0.1) is 17.3 Å². The van der Waals surface area contributed by atoms with Gasteiger partial charge in [0.2, 0.25) is 0 Å². The van der Waals surface area contributed by atoms with E-state index in [0.717, 1.165) is 11.1 Å². The molecule has 0 aliphatic carbocycles. The summed E-state index contributed by atoms with van der Waals surface area (Å²) in [5.74, 6) is 0.699. The van der Waals surface area contributed by atoms with Gasteiger partial charge in [-0.1, -0.05) is 0 Å². The highest BCUT2D eigenvalue weighted by molar-refractivity contribution is 5.57. The molecule has 0 heterocycles. The van der Waals surface area contributed by atoms with E-state index in [2.05, 4.69) is 6.07 Å². The molecule has 0 aliphatic rings. The summed E-state index contributed by atoms with van der Waals surface area (Å²) in [6.45, 7) is 5.37. The first-order valence-corrected chi connectivity index (χ1v) is 6.17. The smallest absolute Gasteiger partial charge is 0.150 e. The molecule has 0 fully saturated rings. The quantitative estimate of drug-likeness (QED) is 0.839. The Morgan fingerprint density at radius 1 is 1.05 bits per heavy atom. The van der Waals surface area contributed by atoms with E-state index >= 15 is 0 Å². The number of ether oxygens (including phenoxy) is 1. The Kier molecular flexibility index (Phi) is 3.62. The maximum absolute atomic E-state index is 13.4. The van der Waals surface area contributed by atoms with Gasteiger partial charge in [-0.05, 0) is 55.7 Å². The van der Waals surface area contributed by atoms with Crippen molar-refractivity contribution in [3.63, 3.8) is 0 Å². The fraction of sp³-hybridized carbons (Fsp3) is 0.188. The zero-order chi connectivity index (χ0) is 14.9. The van der Waals surface area contributed by atoms with Crippen molar-refractivity contribution >= 4 is 5.69 Å². The monoisotopic (exact) mass is 270 g/mol. The van der Waals surface area contributed by atoms with Gasteiger partial charge in [-0.2, -0.15) is 5.26 Å². The fourth-order valence-corrected chi connectivity index (χ4v) is 2.04. The van der Waals surface area contributed by atoms with Gasteiger partial charge in [-0.25, -0.2) is 4.39 Å². The Morgan fingerprint density at radius 3 is 2.20 bits per heavy atom. The lowest BCUT2D eigenvalue weighted by atomic mass is 10.1. The summed E-state index contributed by atoms with van der Waals surface area (Å²) >= 11 is 0. The van der Waals surface area contributed by atoms with Crippen LogP contribution in [-0.4, -0.2) is 0 Å². The van der Waals surface area contributed by atoms with Crippen LogP contribution in [0, 0.1) is 37.9 Å². The van der Waals surface area contributed by atoms with Crippen LogP contribution < -0.4 is 10.5 Å². The van der Waals surface area contributed by atoms with Crippen molar-refractivity contribution < 1.29 is 9.13 Å². The fourth-order valence-electron chi connectivity index (χ4n) is 2.04. The average molecular weight is 270 g/mol. The number of halogens is 1. The average Bonchev–Trinajstić information content (AvgIpc) is 2.39. The second kappa shape index (κ2) is 5.22. The van der Waals surface area contributed by atoms with Gasteiger partial charge in [0, 0.05) is 6.07 Å². The molecule has 0 atom stereocenters. The highest BCUT2D eigenvalue weighted by atomic mass is 19.1. The van der Waals surface area contributed by atoms with Gasteiger partial charge in [-0.15, -0.1) is 0 Å². The van der Waals surface area contributed by atoms with E-state index in [1.165, 1.54) is 6.07 Å². The summed E-state index contributed by atoms with van der Waals surface area (Å²) in [6, 6.07) is 8.41.